The van der Waals surface area contributed by atoms with Gasteiger partial charge in [0.2, 0.25) is 0 Å². The van der Waals surface area contributed by atoms with Crippen molar-refractivity contribution in [2.45, 2.75) is 69.5 Å². The number of rotatable bonds is 10. The van der Waals surface area contributed by atoms with E-state index in [0.717, 1.165) is 86.7 Å². The number of nitrogens with zero attached hydrogens (tertiary/aromatic N) is 5. The third kappa shape index (κ3) is 6.95. The number of piperidine rings is 2. The van der Waals surface area contributed by atoms with Crippen molar-refractivity contribution >= 4 is 21.2 Å². The first-order valence-corrected chi connectivity index (χ1v) is 17.0. The van der Waals surface area contributed by atoms with Gasteiger partial charge < -0.3 is 14.9 Å². The predicted octanol–water partition coefficient (Wildman–Crippen LogP) is 4.86. The van der Waals surface area contributed by atoms with Crippen LogP contribution in [0, 0.1) is 13.8 Å². The lowest BCUT2D eigenvalue weighted by molar-refractivity contribution is 0.0298. The molecule has 230 valence electrons. The van der Waals surface area contributed by atoms with Crippen molar-refractivity contribution in [3.8, 4) is 0 Å². The molecule has 2 aliphatic heterocycles. The van der Waals surface area contributed by atoms with Gasteiger partial charge in [0.1, 0.15) is 6.33 Å². The predicted molar refractivity (Wildman–Crippen MR) is 173 cm³/mol. The molecule has 0 atom stereocenters. The molecule has 0 spiro atoms. The Morgan fingerprint density at radius 2 is 1.58 bits per heavy atom. The first-order chi connectivity index (χ1) is 20.6. The minimum Gasteiger partial charge on any atom is -0.395 e. The largest absolute Gasteiger partial charge is 0.395 e. The fourth-order valence-electron chi connectivity index (χ4n) is 6.75. The molecule has 9 heteroatoms. The van der Waals surface area contributed by atoms with Gasteiger partial charge >= 0.3 is 0 Å². The van der Waals surface area contributed by atoms with Crippen LogP contribution in [-0.2, 0) is 16.4 Å². The van der Waals surface area contributed by atoms with Gasteiger partial charge in [-0.1, -0.05) is 36.9 Å². The van der Waals surface area contributed by atoms with Crippen molar-refractivity contribution in [3.63, 3.8) is 0 Å². The SMILES string of the molecule is C=C(c1c(C)ncnc1C)N1CCC(C)(N2CCC(N(Cc3ccccc3)c3ccc(S(=O)(=O)CCO)cc3)CC2)CC1. The molecular formula is C34H45N5O3S. The number of aryl methyl sites for hydroxylation is 2. The Kier molecular flexibility index (Phi) is 9.54. The number of likely N-dealkylation sites (tertiary alicyclic amines) is 2. The van der Waals surface area contributed by atoms with E-state index in [9.17, 15) is 13.5 Å². The number of benzene rings is 2. The highest BCUT2D eigenvalue weighted by atomic mass is 32.2. The lowest BCUT2D eigenvalue weighted by atomic mass is 9.85. The van der Waals surface area contributed by atoms with Gasteiger partial charge in [0.25, 0.3) is 0 Å². The topological polar surface area (TPSA) is 89.9 Å². The van der Waals surface area contributed by atoms with Crippen molar-refractivity contribution in [3.05, 3.63) is 90.0 Å². The molecule has 2 aromatic carbocycles. The molecule has 3 heterocycles. The summed E-state index contributed by atoms with van der Waals surface area (Å²) in [6, 6.07) is 18.0. The highest BCUT2D eigenvalue weighted by Gasteiger charge is 2.39. The zero-order valence-corrected chi connectivity index (χ0v) is 26.6. The first-order valence-electron chi connectivity index (χ1n) is 15.3. The molecule has 0 bridgehead atoms. The Labute approximate surface area is 257 Å². The van der Waals surface area contributed by atoms with Crippen LogP contribution in [0.3, 0.4) is 0 Å². The number of sulfone groups is 1. The molecule has 2 fully saturated rings. The van der Waals surface area contributed by atoms with E-state index in [1.54, 1.807) is 18.5 Å². The number of aromatic nitrogens is 2. The molecule has 0 unspecified atom stereocenters. The van der Waals surface area contributed by atoms with Crippen LogP contribution < -0.4 is 4.90 Å². The van der Waals surface area contributed by atoms with Crippen LogP contribution in [0.1, 0.15) is 55.1 Å². The van der Waals surface area contributed by atoms with Gasteiger partial charge in [-0.2, -0.15) is 0 Å². The quantitative estimate of drug-likeness (QED) is 0.352. The summed E-state index contributed by atoms with van der Waals surface area (Å²) in [5, 5.41) is 9.18. The molecule has 0 saturated carbocycles. The van der Waals surface area contributed by atoms with E-state index in [0.29, 0.717) is 6.04 Å². The number of hydrogen-bond donors (Lipinski definition) is 1. The smallest absolute Gasteiger partial charge is 0.180 e. The van der Waals surface area contributed by atoms with E-state index in [2.05, 4.69) is 62.4 Å². The molecule has 3 aromatic rings. The second kappa shape index (κ2) is 13.2. The standard InChI is InChI=1S/C34H45N5O3S/c1-26-33(27(2)36-25-35-26)28(3)37-20-16-34(4,17-21-37)38-18-14-31(15-19-38)39(24-29-8-6-5-7-9-29)30-10-12-32(13-11-30)43(41,42)23-22-40/h5-13,25,31,40H,3,14-24H2,1-2,4H3. The van der Waals surface area contributed by atoms with Crippen LogP contribution in [0.5, 0.6) is 0 Å². The fourth-order valence-corrected chi connectivity index (χ4v) is 7.78. The van der Waals surface area contributed by atoms with E-state index in [-0.39, 0.29) is 22.8 Å². The number of hydrogen-bond acceptors (Lipinski definition) is 8. The molecular weight excluding hydrogens is 558 g/mol. The van der Waals surface area contributed by atoms with Crippen LogP contribution in [0.4, 0.5) is 5.69 Å². The highest BCUT2D eigenvalue weighted by Crippen LogP contribution is 2.36. The second-order valence-electron chi connectivity index (χ2n) is 12.2. The van der Waals surface area contributed by atoms with Crippen molar-refractivity contribution in [1.29, 1.82) is 0 Å². The molecule has 0 aliphatic carbocycles. The number of aliphatic hydroxyl groups excluding tert-OH is 1. The molecule has 2 aliphatic rings. The Bertz CT molecular complexity index is 1470. The zero-order chi connectivity index (χ0) is 30.6. The normalized spacial score (nSPS) is 18.0. The molecule has 1 N–H and O–H groups in total. The van der Waals surface area contributed by atoms with Crippen LogP contribution >= 0.6 is 0 Å². The van der Waals surface area contributed by atoms with E-state index >= 15 is 0 Å². The van der Waals surface area contributed by atoms with Crippen LogP contribution in [-0.4, -0.2) is 83.4 Å². The van der Waals surface area contributed by atoms with Crippen LogP contribution in [0.25, 0.3) is 5.70 Å². The zero-order valence-electron chi connectivity index (χ0n) is 25.7. The van der Waals surface area contributed by atoms with E-state index in [4.69, 9.17) is 0 Å². The Morgan fingerprint density at radius 1 is 0.977 bits per heavy atom. The Balaban J connectivity index is 1.25. The van der Waals surface area contributed by atoms with Crippen molar-refractivity contribution in [2.24, 2.45) is 0 Å². The molecule has 0 amide bonds. The molecule has 8 nitrogen and oxygen atoms in total. The fraction of sp³-hybridized carbons (Fsp3) is 0.471. The van der Waals surface area contributed by atoms with Crippen molar-refractivity contribution < 1.29 is 13.5 Å². The van der Waals surface area contributed by atoms with E-state index in [1.165, 1.54) is 5.56 Å². The summed E-state index contributed by atoms with van der Waals surface area (Å²) in [5.41, 5.74) is 6.47. The highest BCUT2D eigenvalue weighted by molar-refractivity contribution is 7.91. The van der Waals surface area contributed by atoms with Gasteiger partial charge in [-0.15, -0.1) is 0 Å². The molecule has 0 radical (unpaired) electrons. The Hall–Kier alpha value is -3.27. The first kappa shape index (κ1) is 31.2. The summed E-state index contributed by atoms with van der Waals surface area (Å²) in [5.74, 6) is -0.261. The number of aliphatic hydroxyl groups is 1. The molecule has 1 aromatic heterocycles. The molecule has 5 rings (SSSR count). The average molecular weight is 604 g/mol. The van der Waals surface area contributed by atoms with Gasteiger partial charge in [-0.25, -0.2) is 18.4 Å². The minimum atomic E-state index is -3.48. The molecule has 43 heavy (non-hydrogen) atoms. The minimum absolute atomic E-state index is 0.145. The summed E-state index contributed by atoms with van der Waals surface area (Å²) in [7, 11) is -3.48. The van der Waals surface area contributed by atoms with Gasteiger partial charge in [0.15, 0.2) is 9.84 Å². The van der Waals surface area contributed by atoms with Gasteiger partial charge in [-0.05, 0) is 76.3 Å². The maximum Gasteiger partial charge on any atom is 0.180 e. The van der Waals surface area contributed by atoms with Crippen molar-refractivity contribution in [2.75, 3.05) is 43.4 Å². The summed E-state index contributed by atoms with van der Waals surface area (Å²) in [4.78, 5) is 16.6. The third-order valence-electron chi connectivity index (χ3n) is 9.49. The van der Waals surface area contributed by atoms with Crippen LogP contribution in [0.15, 0.2) is 72.4 Å². The second-order valence-corrected chi connectivity index (χ2v) is 14.3. The monoisotopic (exact) mass is 603 g/mol. The maximum atomic E-state index is 12.5. The van der Waals surface area contributed by atoms with Gasteiger partial charge in [0.05, 0.1) is 28.6 Å². The van der Waals surface area contributed by atoms with Crippen molar-refractivity contribution in [1.82, 2.24) is 19.8 Å². The summed E-state index contributed by atoms with van der Waals surface area (Å²) < 4.78 is 25.0. The third-order valence-corrected chi connectivity index (χ3v) is 11.2. The summed E-state index contributed by atoms with van der Waals surface area (Å²) >= 11 is 0. The van der Waals surface area contributed by atoms with E-state index < -0.39 is 9.84 Å². The van der Waals surface area contributed by atoms with E-state index in [1.807, 2.05) is 32.0 Å². The van der Waals surface area contributed by atoms with Gasteiger partial charge in [0, 0.05) is 61.3 Å². The van der Waals surface area contributed by atoms with Gasteiger partial charge in [-0.3, -0.25) is 4.90 Å². The average Bonchev–Trinajstić information content (AvgIpc) is 3.01. The lowest BCUT2D eigenvalue weighted by Gasteiger charge is -2.51. The Morgan fingerprint density at radius 3 is 2.16 bits per heavy atom. The maximum absolute atomic E-state index is 12.5. The summed E-state index contributed by atoms with van der Waals surface area (Å²) in [6.45, 7) is 15.3. The molecule has 2 saturated heterocycles. The number of anilines is 1. The lowest BCUT2D eigenvalue weighted by Crippen LogP contribution is -2.57. The summed E-state index contributed by atoms with van der Waals surface area (Å²) in [6.07, 6.45) is 5.88. The van der Waals surface area contributed by atoms with Crippen LogP contribution in [0.2, 0.25) is 0 Å².